The predicted molar refractivity (Wildman–Crippen MR) is 130 cm³/mol. The summed E-state index contributed by atoms with van der Waals surface area (Å²) >= 11 is 0. The molecule has 0 saturated carbocycles. The van der Waals surface area contributed by atoms with Crippen LogP contribution >= 0.6 is 0 Å². The van der Waals surface area contributed by atoms with Crippen LogP contribution in [-0.4, -0.2) is 18.1 Å². The average Bonchev–Trinajstić information content (AvgIpc) is 2.78. The fourth-order valence-electron chi connectivity index (χ4n) is 3.75. The number of nitrogens with two attached hydrogens (primary N) is 2. The molecule has 0 bridgehead atoms. The first-order valence-electron chi connectivity index (χ1n) is 12.4. The van der Waals surface area contributed by atoms with Gasteiger partial charge in [0.25, 0.3) is 0 Å². The number of rotatable bonds is 19. The van der Waals surface area contributed by atoms with E-state index in [4.69, 9.17) is 0 Å². The largest absolute Gasteiger partial charge is 0.357 e. The Kier molecular flexibility index (Phi) is 22.2. The van der Waals surface area contributed by atoms with Crippen LogP contribution in [0.3, 0.4) is 0 Å². The van der Waals surface area contributed by atoms with Crippen LogP contribution in [0.1, 0.15) is 117 Å². The zero-order chi connectivity index (χ0) is 21.4. The van der Waals surface area contributed by atoms with Gasteiger partial charge in [-0.25, -0.2) is 4.98 Å². The van der Waals surface area contributed by atoms with Gasteiger partial charge >= 0.3 is 0 Å². The Balaban J connectivity index is 0.00000379. The van der Waals surface area contributed by atoms with E-state index in [9.17, 15) is 0 Å². The number of unbranched alkanes of at least 4 members (excludes halogenated alkanes) is 14. The van der Waals surface area contributed by atoms with Crippen molar-refractivity contribution in [2.75, 3.05) is 18.0 Å². The summed E-state index contributed by atoms with van der Waals surface area (Å²) in [5.74, 6) is 9.17. The van der Waals surface area contributed by atoms with Gasteiger partial charge in [-0.05, 0) is 25.0 Å². The van der Waals surface area contributed by atoms with E-state index in [0.717, 1.165) is 0 Å². The van der Waals surface area contributed by atoms with Crippen molar-refractivity contribution in [3.63, 3.8) is 0 Å². The van der Waals surface area contributed by atoms with Gasteiger partial charge in [0.05, 0.1) is 0 Å². The maximum atomic E-state index is 4.60. The summed E-state index contributed by atoms with van der Waals surface area (Å²) in [6.45, 7) is 6.92. The number of nitrogens with zero attached hydrogens (tertiary/aromatic N) is 2. The summed E-state index contributed by atoms with van der Waals surface area (Å²) in [6.07, 6.45) is 24.1. The molecule has 0 fully saturated rings. The average molecular weight is 407 g/mol. The maximum absolute atomic E-state index is 4.60. The van der Waals surface area contributed by atoms with E-state index in [1.807, 2.05) is 12.3 Å². The van der Waals surface area contributed by atoms with Crippen molar-refractivity contribution in [3.05, 3.63) is 24.4 Å². The Morgan fingerprint density at radius 3 is 1.41 bits per heavy atom. The lowest BCUT2D eigenvalue weighted by Gasteiger charge is -2.23. The first-order valence-corrected chi connectivity index (χ1v) is 12.4. The second-order valence-corrected chi connectivity index (χ2v) is 8.12. The van der Waals surface area contributed by atoms with E-state index < -0.39 is 0 Å². The number of hydrogen-bond donors (Lipinski definition) is 2. The van der Waals surface area contributed by atoms with Crippen molar-refractivity contribution >= 4 is 5.82 Å². The Morgan fingerprint density at radius 1 is 0.621 bits per heavy atom. The molecule has 1 aromatic rings. The molecular formula is C25H50N4. The molecule has 0 aliphatic heterocycles. The van der Waals surface area contributed by atoms with Crippen molar-refractivity contribution in [1.29, 1.82) is 0 Å². The van der Waals surface area contributed by atoms with Gasteiger partial charge in [0.1, 0.15) is 5.82 Å². The molecule has 1 aromatic heterocycles. The Labute approximate surface area is 181 Å². The summed E-state index contributed by atoms with van der Waals surface area (Å²) in [5.41, 5.74) is 0. The molecule has 0 saturated heterocycles. The van der Waals surface area contributed by atoms with Gasteiger partial charge in [-0.3, -0.25) is 11.7 Å². The highest BCUT2D eigenvalue weighted by atomic mass is 15.2. The number of anilines is 1. The second kappa shape index (κ2) is 23.2. The monoisotopic (exact) mass is 406 g/mol. The first-order chi connectivity index (χ1) is 14.4. The van der Waals surface area contributed by atoms with Crippen molar-refractivity contribution in [2.24, 2.45) is 11.7 Å². The van der Waals surface area contributed by atoms with E-state index >= 15 is 0 Å². The highest BCUT2D eigenvalue weighted by Gasteiger charge is 2.07. The van der Waals surface area contributed by atoms with Gasteiger partial charge in [0.2, 0.25) is 0 Å². The second-order valence-electron chi connectivity index (χ2n) is 8.12. The van der Waals surface area contributed by atoms with Crippen molar-refractivity contribution in [1.82, 2.24) is 4.98 Å². The lowest BCUT2D eigenvalue weighted by atomic mass is 10.1. The van der Waals surface area contributed by atoms with Gasteiger partial charge in [0, 0.05) is 19.3 Å². The van der Waals surface area contributed by atoms with Crippen LogP contribution < -0.4 is 16.6 Å². The first kappa shape index (κ1) is 27.9. The third kappa shape index (κ3) is 17.4. The van der Waals surface area contributed by atoms with Gasteiger partial charge in [0.15, 0.2) is 0 Å². The van der Waals surface area contributed by atoms with Gasteiger partial charge < -0.3 is 4.90 Å². The highest BCUT2D eigenvalue weighted by Crippen LogP contribution is 2.15. The van der Waals surface area contributed by atoms with Crippen molar-refractivity contribution in [3.8, 4) is 0 Å². The molecule has 0 radical (unpaired) electrons. The molecule has 0 atom stereocenters. The standard InChI is InChI=1S/C25H46N2.H4N2/c1-3-5-7-9-11-13-15-19-23-27(25-21-17-18-22-26-25)24-20-16-14-12-10-8-6-4-2;1-2/h17-18,21-22H,3-16,19-20,23-24H2,1-2H3;1-2H2. The minimum absolute atomic E-state index is 1.17. The van der Waals surface area contributed by atoms with Crippen LogP contribution in [-0.2, 0) is 0 Å². The molecule has 0 amide bonds. The number of hydrazine groups is 1. The molecule has 0 unspecified atom stereocenters. The van der Waals surface area contributed by atoms with Crippen LogP contribution in [0.25, 0.3) is 0 Å². The smallest absolute Gasteiger partial charge is 0.128 e. The van der Waals surface area contributed by atoms with Crippen LogP contribution in [0.15, 0.2) is 24.4 Å². The van der Waals surface area contributed by atoms with E-state index in [0.29, 0.717) is 0 Å². The predicted octanol–water partition coefficient (Wildman–Crippen LogP) is 6.99. The zero-order valence-corrected chi connectivity index (χ0v) is 19.6. The van der Waals surface area contributed by atoms with Crippen molar-refractivity contribution < 1.29 is 0 Å². The topological polar surface area (TPSA) is 68.2 Å². The number of pyridine rings is 1. The Hall–Kier alpha value is -1.13. The van der Waals surface area contributed by atoms with Crippen molar-refractivity contribution in [2.45, 2.75) is 117 Å². The number of aromatic nitrogens is 1. The molecule has 4 heteroatoms. The molecule has 0 aromatic carbocycles. The molecule has 4 N–H and O–H groups in total. The zero-order valence-electron chi connectivity index (χ0n) is 19.6. The van der Waals surface area contributed by atoms with E-state index in [1.54, 1.807) is 0 Å². The molecule has 1 heterocycles. The summed E-state index contributed by atoms with van der Waals surface area (Å²) in [7, 11) is 0. The van der Waals surface area contributed by atoms with E-state index in [2.05, 4.69) is 47.5 Å². The van der Waals surface area contributed by atoms with E-state index in [1.165, 1.54) is 122 Å². The minimum Gasteiger partial charge on any atom is -0.357 e. The summed E-state index contributed by atoms with van der Waals surface area (Å²) in [6, 6.07) is 6.32. The molecule has 4 nitrogen and oxygen atoms in total. The lowest BCUT2D eigenvalue weighted by Crippen LogP contribution is -2.26. The molecule has 0 aliphatic carbocycles. The number of hydrogen-bond acceptors (Lipinski definition) is 4. The third-order valence-corrected chi connectivity index (χ3v) is 5.54. The van der Waals surface area contributed by atoms with Crippen LogP contribution in [0, 0.1) is 0 Å². The molecule has 170 valence electrons. The van der Waals surface area contributed by atoms with Crippen LogP contribution in [0.2, 0.25) is 0 Å². The molecular weight excluding hydrogens is 356 g/mol. The summed E-state index contributed by atoms with van der Waals surface area (Å²) in [5, 5.41) is 0. The Bertz CT molecular complexity index is 391. The molecule has 29 heavy (non-hydrogen) atoms. The maximum Gasteiger partial charge on any atom is 0.128 e. The lowest BCUT2D eigenvalue weighted by molar-refractivity contribution is 0.554. The van der Waals surface area contributed by atoms with Crippen LogP contribution in [0.5, 0.6) is 0 Å². The molecule has 0 aliphatic rings. The minimum atomic E-state index is 1.17. The van der Waals surface area contributed by atoms with Gasteiger partial charge in [-0.1, -0.05) is 110 Å². The summed E-state index contributed by atoms with van der Waals surface area (Å²) < 4.78 is 0. The van der Waals surface area contributed by atoms with Gasteiger partial charge in [-0.2, -0.15) is 0 Å². The Morgan fingerprint density at radius 2 is 1.03 bits per heavy atom. The molecule has 1 rings (SSSR count). The van der Waals surface area contributed by atoms with Gasteiger partial charge in [-0.15, -0.1) is 0 Å². The highest BCUT2D eigenvalue weighted by molar-refractivity contribution is 5.37. The fraction of sp³-hybridized carbons (Fsp3) is 0.800. The quantitative estimate of drug-likeness (QED) is 0.148. The van der Waals surface area contributed by atoms with Crippen LogP contribution in [0.4, 0.5) is 5.82 Å². The van der Waals surface area contributed by atoms with E-state index in [-0.39, 0.29) is 0 Å². The SMILES string of the molecule is CCCCCCCCCCN(CCCCCCCCCC)c1ccccn1.NN. The summed E-state index contributed by atoms with van der Waals surface area (Å²) in [4.78, 5) is 7.12. The normalized spacial score (nSPS) is 10.5. The third-order valence-electron chi connectivity index (χ3n) is 5.54. The molecule has 0 spiro atoms. The fourth-order valence-corrected chi connectivity index (χ4v) is 3.75.